The van der Waals surface area contributed by atoms with Crippen molar-refractivity contribution in [2.24, 2.45) is 11.8 Å². The fourth-order valence-corrected chi connectivity index (χ4v) is 5.62. The second-order valence-corrected chi connectivity index (χ2v) is 12.8. The number of alkyl halides is 2. The van der Waals surface area contributed by atoms with Crippen LogP contribution in [0.25, 0.3) is 6.08 Å². The molecule has 1 saturated carbocycles. The molecule has 16 heteroatoms. The first-order valence-corrected chi connectivity index (χ1v) is 17.9. The van der Waals surface area contributed by atoms with Crippen LogP contribution in [0.3, 0.4) is 0 Å². The molecule has 2 aromatic carbocycles. The molecule has 1 amide bonds. The minimum atomic E-state index is -3.28. The third kappa shape index (κ3) is 16.3. The van der Waals surface area contributed by atoms with Gasteiger partial charge in [0.1, 0.15) is 11.8 Å². The Bertz CT molecular complexity index is 1640. The minimum Gasteiger partial charge on any atom is -0.493 e. The van der Waals surface area contributed by atoms with Crippen LogP contribution in [-0.4, -0.2) is 84.2 Å². The van der Waals surface area contributed by atoms with Crippen molar-refractivity contribution in [2.45, 2.75) is 76.0 Å². The number of nitrogens with zero attached hydrogens (tertiary/aromatic N) is 1. The lowest BCUT2D eigenvalue weighted by molar-refractivity contribution is -0.757. The normalized spacial score (nSPS) is 19.0. The Morgan fingerprint density at radius 1 is 1.04 bits per heavy atom. The maximum Gasteiger partial charge on any atom is 0.333 e. The summed E-state index contributed by atoms with van der Waals surface area (Å²) < 4.78 is 49.9. The van der Waals surface area contributed by atoms with Crippen molar-refractivity contribution < 1.29 is 62.2 Å². The summed E-state index contributed by atoms with van der Waals surface area (Å²) in [6.45, 7) is 0.589. The number of esters is 2. The van der Waals surface area contributed by atoms with Crippen LogP contribution in [0.2, 0.25) is 0 Å². The Kier molecular flexibility index (Phi) is 18.2. The molecule has 0 aromatic heterocycles. The first-order valence-electron chi connectivity index (χ1n) is 17.9. The van der Waals surface area contributed by atoms with E-state index in [9.17, 15) is 43.5 Å². The number of ether oxygens (including phenoxy) is 4. The average molecular weight is 775 g/mol. The smallest absolute Gasteiger partial charge is 0.333 e. The number of methoxy groups -OCH3 is 1. The van der Waals surface area contributed by atoms with Gasteiger partial charge in [0.05, 0.1) is 32.5 Å². The lowest BCUT2D eigenvalue weighted by Gasteiger charge is -2.20. The summed E-state index contributed by atoms with van der Waals surface area (Å²) in [7, 11) is 1.37. The van der Waals surface area contributed by atoms with Crippen molar-refractivity contribution in [2.75, 3.05) is 26.9 Å². The SMILES string of the molecule is COc1cc(/C=C/C(=O)OCCCCO[N+](=O)[O-])ccc1OC(=O)C(C)NC(=O)CCC/C=C\C[C@@H]1[C@@H](/C=C/C(F)(F)COc2ccccc2)[C@H](O)C[C@@H]1O. The van der Waals surface area contributed by atoms with Gasteiger partial charge in [-0.05, 0) is 86.9 Å². The van der Waals surface area contributed by atoms with Crippen molar-refractivity contribution in [3.8, 4) is 17.2 Å². The molecule has 14 nitrogen and oxygen atoms in total. The van der Waals surface area contributed by atoms with Gasteiger partial charge in [-0.1, -0.05) is 42.5 Å². The molecule has 300 valence electrons. The highest BCUT2D eigenvalue weighted by atomic mass is 19.3. The Hall–Kier alpha value is -5.35. The summed E-state index contributed by atoms with van der Waals surface area (Å²) in [6.07, 6.45) is 8.64. The number of amides is 1. The molecule has 55 heavy (non-hydrogen) atoms. The Morgan fingerprint density at radius 3 is 2.51 bits per heavy atom. The molecule has 1 aliphatic carbocycles. The number of para-hydroxylation sites is 1. The number of hydrogen-bond acceptors (Lipinski definition) is 12. The second kappa shape index (κ2) is 22.8. The molecule has 5 atom stereocenters. The van der Waals surface area contributed by atoms with E-state index in [1.165, 1.54) is 44.4 Å². The number of rotatable bonds is 23. The van der Waals surface area contributed by atoms with E-state index in [4.69, 9.17) is 18.9 Å². The predicted octanol–water partition coefficient (Wildman–Crippen LogP) is 5.40. The second-order valence-electron chi connectivity index (χ2n) is 12.8. The van der Waals surface area contributed by atoms with Crippen molar-refractivity contribution in [3.05, 3.63) is 94.6 Å². The number of allylic oxidation sites excluding steroid dienone is 2. The van der Waals surface area contributed by atoms with E-state index in [1.807, 2.05) is 6.08 Å². The summed E-state index contributed by atoms with van der Waals surface area (Å²) in [4.78, 5) is 51.5. The molecule has 1 fully saturated rings. The zero-order chi connectivity index (χ0) is 40.2. The van der Waals surface area contributed by atoms with Crippen molar-refractivity contribution in [1.29, 1.82) is 0 Å². The van der Waals surface area contributed by atoms with Crippen LogP contribution in [0.4, 0.5) is 8.78 Å². The number of unbranched alkanes of at least 4 members (excludes halogenated alkanes) is 2. The number of aliphatic hydroxyl groups excluding tert-OH is 2. The van der Waals surface area contributed by atoms with Gasteiger partial charge in [0.25, 0.3) is 11.0 Å². The van der Waals surface area contributed by atoms with Crippen molar-refractivity contribution >= 4 is 23.9 Å². The Balaban J connectivity index is 1.38. The maximum absolute atomic E-state index is 14.5. The highest BCUT2D eigenvalue weighted by molar-refractivity contribution is 5.87. The first kappa shape index (κ1) is 44.0. The number of carbonyl (C=O) groups excluding carboxylic acids is 3. The third-order valence-electron chi connectivity index (χ3n) is 8.52. The predicted molar refractivity (Wildman–Crippen MR) is 196 cm³/mol. The fourth-order valence-electron chi connectivity index (χ4n) is 5.62. The lowest BCUT2D eigenvalue weighted by Crippen LogP contribution is -2.40. The molecule has 0 spiro atoms. The van der Waals surface area contributed by atoms with Gasteiger partial charge in [0.2, 0.25) is 5.91 Å². The van der Waals surface area contributed by atoms with Crippen LogP contribution in [0.5, 0.6) is 17.2 Å². The van der Waals surface area contributed by atoms with Gasteiger partial charge in [0, 0.05) is 24.8 Å². The first-order chi connectivity index (χ1) is 26.3. The molecule has 3 rings (SSSR count). The number of nitrogens with one attached hydrogen (secondary N) is 1. The summed E-state index contributed by atoms with van der Waals surface area (Å²) in [6, 6.07) is 11.9. The molecule has 3 N–H and O–H groups in total. The third-order valence-corrected chi connectivity index (χ3v) is 8.52. The zero-order valence-electron chi connectivity index (χ0n) is 30.7. The number of benzene rings is 2. The Labute approximate surface area is 317 Å². The zero-order valence-corrected chi connectivity index (χ0v) is 30.7. The number of halogens is 2. The monoisotopic (exact) mass is 774 g/mol. The van der Waals surface area contributed by atoms with Gasteiger partial charge in [-0.2, -0.15) is 8.78 Å². The standard InChI is InChI=1S/C39H48F2N2O12/c1-27(38(48)55-34-18-16-28(24-35(34)51-2)17-19-37(47)52-22-10-11-23-54-43(49)50)42-36(46)15-9-4-3-8-14-30-31(33(45)25-32(30)44)20-21-39(40,41)26-53-29-12-6-5-7-13-29/h3,5-8,12-13,16-21,24,27,30-33,44-45H,4,9-11,14-15,22-23,25-26H2,1-2H3,(H,42,46)/b8-3-,19-17+,21-20+/t27?,30-,31-,32+,33-/m1/s1. The molecule has 0 heterocycles. The largest absolute Gasteiger partial charge is 0.493 e. The van der Waals surface area contributed by atoms with Gasteiger partial charge in [-0.15, -0.1) is 10.1 Å². The van der Waals surface area contributed by atoms with Gasteiger partial charge < -0.3 is 39.3 Å². The number of carbonyl (C=O) groups is 3. The molecule has 0 radical (unpaired) electrons. The quantitative estimate of drug-likeness (QED) is 0.0248. The van der Waals surface area contributed by atoms with Crippen LogP contribution in [0.1, 0.15) is 57.4 Å². The van der Waals surface area contributed by atoms with Gasteiger partial charge in [0.15, 0.2) is 18.1 Å². The summed E-state index contributed by atoms with van der Waals surface area (Å²) in [5, 5.41) is 32.7. The Morgan fingerprint density at radius 2 is 1.78 bits per heavy atom. The summed E-state index contributed by atoms with van der Waals surface area (Å²) >= 11 is 0. The molecule has 1 aliphatic rings. The van der Waals surface area contributed by atoms with Gasteiger partial charge >= 0.3 is 11.9 Å². The molecular formula is C39H48F2N2O12. The lowest BCUT2D eigenvalue weighted by atomic mass is 9.89. The highest BCUT2D eigenvalue weighted by Gasteiger charge is 2.40. The van der Waals surface area contributed by atoms with Gasteiger partial charge in [-0.25, -0.2) is 9.59 Å². The van der Waals surface area contributed by atoms with Crippen LogP contribution in [0.15, 0.2) is 78.9 Å². The number of hydrogen-bond donors (Lipinski definition) is 3. The van der Waals surface area contributed by atoms with Crippen LogP contribution < -0.4 is 19.5 Å². The fraction of sp³-hybridized carbons (Fsp3) is 0.462. The van der Waals surface area contributed by atoms with E-state index >= 15 is 0 Å². The van der Waals surface area contributed by atoms with E-state index in [-0.39, 0.29) is 43.5 Å². The van der Waals surface area contributed by atoms with Crippen LogP contribution >= 0.6 is 0 Å². The topological polar surface area (TPSA) is 193 Å². The van der Waals surface area contributed by atoms with E-state index < -0.39 is 59.6 Å². The molecule has 0 saturated heterocycles. The molecular weight excluding hydrogens is 726 g/mol. The van der Waals surface area contributed by atoms with E-state index in [0.717, 1.165) is 6.08 Å². The van der Waals surface area contributed by atoms with Crippen LogP contribution in [-0.2, 0) is 24.0 Å². The summed E-state index contributed by atoms with van der Waals surface area (Å²) in [5.41, 5.74) is 0.544. The number of aliphatic hydroxyl groups is 2. The van der Waals surface area contributed by atoms with E-state index in [2.05, 4.69) is 10.2 Å². The maximum atomic E-state index is 14.5. The van der Waals surface area contributed by atoms with E-state index in [0.29, 0.717) is 43.4 Å². The minimum absolute atomic E-state index is 0.0640. The molecule has 2 aromatic rings. The molecule has 1 unspecified atom stereocenters. The van der Waals surface area contributed by atoms with Crippen LogP contribution in [0, 0.1) is 22.0 Å². The average Bonchev–Trinajstić information content (AvgIpc) is 3.43. The van der Waals surface area contributed by atoms with Crippen molar-refractivity contribution in [3.63, 3.8) is 0 Å². The van der Waals surface area contributed by atoms with E-state index in [1.54, 1.807) is 42.5 Å². The van der Waals surface area contributed by atoms with Gasteiger partial charge in [-0.3, -0.25) is 4.79 Å². The molecule has 0 bridgehead atoms. The van der Waals surface area contributed by atoms with Crippen molar-refractivity contribution in [1.82, 2.24) is 5.32 Å². The summed E-state index contributed by atoms with van der Waals surface area (Å²) in [5.74, 6) is -5.53. The molecule has 0 aliphatic heterocycles. The highest BCUT2D eigenvalue weighted by Crippen LogP contribution is 2.37.